The largest absolute Gasteiger partial charge is 0.379 e. The fourth-order valence-corrected chi connectivity index (χ4v) is 2.16. The molecular formula is C13H22N4O3. The summed E-state index contributed by atoms with van der Waals surface area (Å²) in [6.07, 6.45) is 0. The van der Waals surface area contributed by atoms with Crippen LogP contribution in [0, 0.1) is 6.92 Å². The maximum absolute atomic E-state index is 11.8. The van der Waals surface area contributed by atoms with Crippen molar-refractivity contribution in [2.24, 2.45) is 0 Å². The van der Waals surface area contributed by atoms with E-state index in [1.54, 1.807) is 13.0 Å². The Labute approximate surface area is 118 Å². The van der Waals surface area contributed by atoms with Crippen LogP contribution >= 0.6 is 0 Å². The van der Waals surface area contributed by atoms with Gasteiger partial charge in [0.05, 0.1) is 13.2 Å². The molecule has 1 aliphatic rings. The zero-order valence-electron chi connectivity index (χ0n) is 12.2. The lowest BCUT2D eigenvalue weighted by Crippen LogP contribution is -2.55. The Kier molecular flexibility index (Phi) is 4.61. The summed E-state index contributed by atoms with van der Waals surface area (Å²) in [7, 11) is 0. The number of rotatable bonds is 4. The molecule has 0 aromatic carbocycles. The van der Waals surface area contributed by atoms with Gasteiger partial charge in [-0.1, -0.05) is 5.16 Å². The number of hydrogen-bond donors (Lipinski definition) is 2. The lowest BCUT2D eigenvalue weighted by atomic mass is 10.0. The Morgan fingerprint density at radius 3 is 2.75 bits per heavy atom. The van der Waals surface area contributed by atoms with Gasteiger partial charge in [0.15, 0.2) is 5.82 Å². The zero-order chi connectivity index (χ0) is 14.6. The number of anilines is 1. The first kappa shape index (κ1) is 14.8. The lowest BCUT2D eigenvalue weighted by Gasteiger charge is -2.40. The molecule has 2 amide bonds. The van der Waals surface area contributed by atoms with Crippen LogP contribution in [0.3, 0.4) is 0 Å². The summed E-state index contributed by atoms with van der Waals surface area (Å²) in [5, 5.41) is 9.22. The summed E-state index contributed by atoms with van der Waals surface area (Å²) in [4.78, 5) is 14.1. The van der Waals surface area contributed by atoms with E-state index in [9.17, 15) is 4.79 Å². The third-order valence-corrected chi connectivity index (χ3v) is 3.42. The molecule has 0 unspecified atom stereocenters. The highest BCUT2D eigenvalue weighted by Crippen LogP contribution is 2.15. The Morgan fingerprint density at radius 2 is 2.15 bits per heavy atom. The molecule has 2 N–H and O–H groups in total. The fourth-order valence-electron chi connectivity index (χ4n) is 2.16. The van der Waals surface area contributed by atoms with Crippen molar-refractivity contribution in [2.75, 3.05) is 38.2 Å². The van der Waals surface area contributed by atoms with E-state index >= 15 is 0 Å². The number of aryl methyl sites for hydroxylation is 1. The van der Waals surface area contributed by atoms with Crippen LogP contribution in [0.5, 0.6) is 0 Å². The quantitative estimate of drug-likeness (QED) is 0.868. The number of carbonyl (C=O) groups excluding carboxylic acids is 1. The Balaban J connectivity index is 1.79. The molecule has 0 spiro atoms. The van der Waals surface area contributed by atoms with Crippen LogP contribution in [0.15, 0.2) is 10.6 Å². The predicted octanol–water partition coefficient (Wildman–Crippen LogP) is 1.22. The summed E-state index contributed by atoms with van der Waals surface area (Å²) >= 11 is 0. The number of nitrogens with one attached hydrogen (secondary N) is 2. The van der Waals surface area contributed by atoms with E-state index in [2.05, 4.69) is 34.5 Å². The smallest absolute Gasteiger partial charge is 0.320 e. The molecule has 112 valence electrons. The molecule has 0 saturated carbocycles. The van der Waals surface area contributed by atoms with Crippen molar-refractivity contribution in [2.45, 2.75) is 26.3 Å². The minimum absolute atomic E-state index is 0.110. The molecule has 20 heavy (non-hydrogen) atoms. The average Bonchev–Trinajstić information content (AvgIpc) is 2.83. The summed E-state index contributed by atoms with van der Waals surface area (Å²) in [6, 6.07) is 1.40. The number of urea groups is 1. The second kappa shape index (κ2) is 6.23. The van der Waals surface area contributed by atoms with Gasteiger partial charge in [-0.05, 0) is 20.8 Å². The lowest BCUT2D eigenvalue weighted by molar-refractivity contribution is -0.00863. The number of ether oxygens (including phenoxy) is 1. The molecule has 0 atom stereocenters. The summed E-state index contributed by atoms with van der Waals surface area (Å²) in [5.74, 6) is 1.08. The maximum atomic E-state index is 11.8. The molecule has 7 nitrogen and oxygen atoms in total. The van der Waals surface area contributed by atoms with E-state index in [4.69, 9.17) is 9.26 Å². The normalized spacial score (nSPS) is 16.9. The average molecular weight is 282 g/mol. The topological polar surface area (TPSA) is 79.6 Å². The van der Waals surface area contributed by atoms with Crippen LogP contribution in [0.25, 0.3) is 0 Å². The van der Waals surface area contributed by atoms with Gasteiger partial charge in [0, 0.05) is 31.2 Å². The highest BCUT2D eigenvalue weighted by atomic mass is 16.5. The number of hydrogen-bond acceptors (Lipinski definition) is 5. The van der Waals surface area contributed by atoms with Crippen LogP contribution in [0.2, 0.25) is 0 Å². The van der Waals surface area contributed by atoms with Gasteiger partial charge >= 0.3 is 6.03 Å². The van der Waals surface area contributed by atoms with E-state index in [0.29, 0.717) is 18.1 Å². The molecule has 1 aromatic heterocycles. The fraction of sp³-hybridized carbons (Fsp3) is 0.692. The monoisotopic (exact) mass is 282 g/mol. The first-order valence-electron chi connectivity index (χ1n) is 6.78. The van der Waals surface area contributed by atoms with Gasteiger partial charge in [-0.25, -0.2) is 4.79 Å². The van der Waals surface area contributed by atoms with Crippen molar-refractivity contribution in [3.05, 3.63) is 11.8 Å². The highest BCUT2D eigenvalue weighted by molar-refractivity contribution is 5.88. The number of carbonyl (C=O) groups is 1. The Hall–Kier alpha value is -1.60. The first-order valence-corrected chi connectivity index (χ1v) is 6.78. The molecule has 0 bridgehead atoms. The summed E-state index contributed by atoms with van der Waals surface area (Å²) in [6.45, 7) is 9.81. The third-order valence-electron chi connectivity index (χ3n) is 3.42. The Bertz CT molecular complexity index is 452. The molecule has 2 heterocycles. The maximum Gasteiger partial charge on any atom is 0.320 e. The van der Waals surface area contributed by atoms with Gasteiger partial charge in [-0.2, -0.15) is 0 Å². The zero-order valence-corrected chi connectivity index (χ0v) is 12.2. The van der Waals surface area contributed by atoms with E-state index < -0.39 is 0 Å². The van der Waals surface area contributed by atoms with E-state index in [0.717, 1.165) is 26.3 Å². The molecule has 1 saturated heterocycles. The van der Waals surface area contributed by atoms with Crippen LogP contribution in [-0.4, -0.2) is 54.5 Å². The molecular weight excluding hydrogens is 260 g/mol. The van der Waals surface area contributed by atoms with E-state index in [-0.39, 0.29) is 11.6 Å². The number of aromatic nitrogens is 1. The van der Waals surface area contributed by atoms with Crippen LogP contribution in [0.4, 0.5) is 10.6 Å². The second-order valence-electron chi connectivity index (χ2n) is 5.54. The second-order valence-corrected chi connectivity index (χ2v) is 5.54. The highest BCUT2D eigenvalue weighted by Gasteiger charge is 2.28. The van der Waals surface area contributed by atoms with Crippen molar-refractivity contribution in [1.82, 2.24) is 15.4 Å². The molecule has 2 rings (SSSR count). The van der Waals surface area contributed by atoms with Crippen LogP contribution in [0.1, 0.15) is 19.6 Å². The minimum atomic E-state index is -0.278. The molecule has 0 aliphatic carbocycles. The first-order chi connectivity index (χ1) is 9.47. The summed E-state index contributed by atoms with van der Waals surface area (Å²) in [5.41, 5.74) is -0.110. The van der Waals surface area contributed by atoms with Crippen molar-refractivity contribution >= 4 is 11.8 Å². The van der Waals surface area contributed by atoms with E-state index in [1.807, 2.05) is 0 Å². The van der Waals surface area contributed by atoms with Gasteiger partial charge in [0.1, 0.15) is 5.76 Å². The van der Waals surface area contributed by atoms with Gasteiger partial charge in [0.25, 0.3) is 0 Å². The van der Waals surface area contributed by atoms with Crippen molar-refractivity contribution in [3.8, 4) is 0 Å². The third kappa shape index (κ3) is 3.94. The van der Waals surface area contributed by atoms with Crippen LogP contribution < -0.4 is 10.6 Å². The molecule has 0 radical (unpaired) electrons. The minimum Gasteiger partial charge on any atom is -0.379 e. The summed E-state index contributed by atoms with van der Waals surface area (Å²) < 4.78 is 10.2. The van der Waals surface area contributed by atoms with Gasteiger partial charge in [0.2, 0.25) is 0 Å². The van der Waals surface area contributed by atoms with E-state index in [1.165, 1.54) is 0 Å². The molecule has 1 aliphatic heterocycles. The van der Waals surface area contributed by atoms with Crippen LogP contribution in [-0.2, 0) is 4.74 Å². The van der Waals surface area contributed by atoms with Gasteiger partial charge in [-0.15, -0.1) is 0 Å². The van der Waals surface area contributed by atoms with Crippen molar-refractivity contribution < 1.29 is 14.1 Å². The van der Waals surface area contributed by atoms with Crippen molar-refractivity contribution in [3.63, 3.8) is 0 Å². The molecule has 1 fully saturated rings. The predicted molar refractivity (Wildman–Crippen MR) is 74.7 cm³/mol. The Morgan fingerprint density at radius 1 is 1.45 bits per heavy atom. The standard InChI is InChI=1S/C13H22N4O3/c1-10-8-11(16-20-10)15-12(18)14-9-13(2,3)17-4-6-19-7-5-17/h8H,4-7,9H2,1-3H3,(H2,14,15,16,18). The SMILES string of the molecule is Cc1cc(NC(=O)NCC(C)(C)N2CCOCC2)no1. The van der Waals surface area contributed by atoms with Crippen molar-refractivity contribution in [1.29, 1.82) is 0 Å². The molecule has 7 heteroatoms. The number of morpholine rings is 1. The molecule has 1 aromatic rings. The van der Waals surface area contributed by atoms with Gasteiger partial charge < -0.3 is 14.6 Å². The number of amides is 2. The number of nitrogens with zero attached hydrogens (tertiary/aromatic N) is 2. The van der Waals surface area contributed by atoms with Gasteiger partial charge in [-0.3, -0.25) is 10.2 Å².